The number of amides is 1. The molecule has 2 aromatic carbocycles. The predicted octanol–water partition coefficient (Wildman–Crippen LogP) is 4.67. The molecule has 0 N–H and O–H groups in total. The smallest absolute Gasteiger partial charge is 0.254 e. The van der Waals surface area contributed by atoms with Gasteiger partial charge in [0.2, 0.25) is 0 Å². The molecule has 0 unspecified atom stereocenters. The number of pyridine rings is 1. The van der Waals surface area contributed by atoms with Crippen molar-refractivity contribution in [2.45, 2.75) is 18.9 Å². The average Bonchev–Trinajstić information content (AvgIpc) is 3.29. The Bertz CT molecular complexity index is 1180. The summed E-state index contributed by atoms with van der Waals surface area (Å²) in [6.45, 7) is 0.735. The maximum atomic E-state index is 13.3. The normalized spacial score (nSPS) is 16.3. The summed E-state index contributed by atoms with van der Waals surface area (Å²) in [4.78, 5) is 28.8. The first-order valence-corrected chi connectivity index (χ1v) is 9.84. The SMILES string of the molecule is O=C(c1ccc2ncccc2c1)N1CCC[C@H]1c1ccnc(-c2ccccc2)n1. The van der Waals surface area contributed by atoms with Crippen LogP contribution < -0.4 is 0 Å². The van der Waals surface area contributed by atoms with E-state index in [1.54, 1.807) is 12.4 Å². The van der Waals surface area contributed by atoms with Crippen LogP contribution in [-0.2, 0) is 0 Å². The van der Waals surface area contributed by atoms with E-state index in [0.29, 0.717) is 11.4 Å². The van der Waals surface area contributed by atoms with E-state index < -0.39 is 0 Å². The highest BCUT2D eigenvalue weighted by Gasteiger charge is 2.32. The third-order valence-electron chi connectivity index (χ3n) is 5.41. The van der Waals surface area contributed by atoms with Crippen LogP contribution in [0.4, 0.5) is 0 Å². The van der Waals surface area contributed by atoms with Crippen molar-refractivity contribution in [3.8, 4) is 11.4 Å². The van der Waals surface area contributed by atoms with Gasteiger partial charge in [-0.2, -0.15) is 0 Å². The third kappa shape index (κ3) is 3.36. The predicted molar refractivity (Wildman–Crippen MR) is 112 cm³/mol. The van der Waals surface area contributed by atoms with E-state index in [-0.39, 0.29) is 11.9 Å². The first-order chi connectivity index (χ1) is 14.3. The van der Waals surface area contributed by atoms with Crippen LogP contribution in [0.1, 0.15) is 34.9 Å². The van der Waals surface area contributed by atoms with Gasteiger partial charge in [0.05, 0.1) is 17.3 Å². The second kappa shape index (κ2) is 7.43. The van der Waals surface area contributed by atoms with Crippen molar-refractivity contribution in [3.05, 3.63) is 90.4 Å². The van der Waals surface area contributed by atoms with Crippen LogP contribution in [0.3, 0.4) is 0 Å². The summed E-state index contributed by atoms with van der Waals surface area (Å²) in [5, 5.41) is 0.975. The topological polar surface area (TPSA) is 59.0 Å². The number of benzene rings is 2. The highest BCUT2D eigenvalue weighted by molar-refractivity contribution is 5.98. The van der Waals surface area contributed by atoms with Gasteiger partial charge in [0.1, 0.15) is 0 Å². The summed E-state index contributed by atoms with van der Waals surface area (Å²) < 4.78 is 0. The maximum absolute atomic E-state index is 13.3. The van der Waals surface area contributed by atoms with Gasteiger partial charge in [-0.05, 0) is 43.2 Å². The number of nitrogens with zero attached hydrogens (tertiary/aromatic N) is 4. The molecule has 1 saturated heterocycles. The van der Waals surface area contributed by atoms with Crippen molar-refractivity contribution in [1.82, 2.24) is 19.9 Å². The van der Waals surface area contributed by atoms with Crippen molar-refractivity contribution in [3.63, 3.8) is 0 Å². The lowest BCUT2D eigenvalue weighted by Crippen LogP contribution is -2.31. The first kappa shape index (κ1) is 17.5. The number of hydrogen-bond donors (Lipinski definition) is 0. The molecule has 0 radical (unpaired) electrons. The molecule has 0 saturated carbocycles. The zero-order valence-electron chi connectivity index (χ0n) is 15.9. The number of likely N-dealkylation sites (tertiary alicyclic amines) is 1. The molecule has 0 spiro atoms. The molecule has 0 bridgehead atoms. The van der Waals surface area contributed by atoms with E-state index in [1.807, 2.05) is 71.6 Å². The van der Waals surface area contributed by atoms with Crippen molar-refractivity contribution in [2.75, 3.05) is 6.54 Å². The molecule has 3 heterocycles. The van der Waals surface area contributed by atoms with Crippen LogP contribution in [0, 0.1) is 0 Å². The Hall–Kier alpha value is -3.60. The second-order valence-corrected chi connectivity index (χ2v) is 7.24. The van der Waals surface area contributed by atoms with E-state index in [2.05, 4.69) is 9.97 Å². The van der Waals surface area contributed by atoms with E-state index in [1.165, 1.54) is 0 Å². The molecule has 1 fully saturated rings. The number of carbonyl (C=O) groups excluding carboxylic acids is 1. The van der Waals surface area contributed by atoms with Crippen molar-refractivity contribution in [1.29, 1.82) is 0 Å². The van der Waals surface area contributed by atoms with Crippen LogP contribution in [0.5, 0.6) is 0 Å². The summed E-state index contributed by atoms with van der Waals surface area (Å²) in [6.07, 6.45) is 5.43. The highest BCUT2D eigenvalue weighted by Crippen LogP contribution is 2.33. The zero-order valence-corrected chi connectivity index (χ0v) is 15.9. The van der Waals surface area contributed by atoms with Gasteiger partial charge in [0, 0.05) is 35.5 Å². The zero-order chi connectivity index (χ0) is 19.6. The maximum Gasteiger partial charge on any atom is 0.254 e. The Morgan fingerprint density at radius 1 is 0.931 bits per heavy atom. The second-order valence-electron chi connectivity index (χ2n) is 7.24. The average molecular weight is 380 g/mol. The molecule has 5 rings (SSSR count). The summed E-state index contributed by atoms with van der Waals surface area (Å²) in [6, 6.07) is 21.4. The summed E-state index contributed by atoms with van der Waals surface area (Å²) in [7, 11) is 0. The molecule has 5 heteroatoms. The number of hydrogen-bond acceptors (Lipinski definition) is 4. The third-order valence-corrected chi connectivity index (χ3v) is 5.41. The molecule has 1 amide bonds. The fraction of sp³-hybridized carbons (Fsp3) is 0.167. The number of rotatable bonds is 3. The van der Waals surface area contributed by atoms with Gasteiger partial charge in [-0.15, -0.1) is 0 Å². The molecule has 0 aliphatic carbocycles. The monoisotopic (exact) mass is 380 g/mol. The Morgan fingerprint density at radius 3 is 2.72 bits per heavy atom. The molecular formula is C24H20N4O. The standard InChI is InChI=1S/C24H20N4O/c29-24(19-10-11-20-18(16-19)8-4-13-25-20)28-15-5-9-22(28)21-12-14-26-23(27-21)17-6-2-1-3-7-17/h1-4,6-8,10-14,16,22H,5,9,15H2/t22-/m0/s1. The number of carbonyl (C=O) groups is 1. The molecule has 1 atom stereocenters. The molecule has 2 aromatic heterocycles. The van der Waals surface area contributed by atoms with Gasteiger partial charge in [0.25, 0.3) is 5.91 Å². The molecule has 29 heavy (non-hydrogen) atoms. The summed E-state index contributed by atoms with van der Waals surface area (Å²) in [5.41, 5.74) is 3.46. The first-order valence-electron chi connectivity index (χ1n) is 9.84. The fourth-order valence-corrected chi connectivity index (χ4v) is 3.98. The number of fused-ring (bicyclic) bond motifs is 1. The van der Waals surface area contributed by atoms with Gasteiger partial charge >= 0.3 is 0 Å². The van der Waals surface area contributed by atoms with Crippen molar-refractivity contribution >= 4 is 16.8 Å². The van der Waals surface area contributed by atoms with Crippen molar-refractivity contribution < 1.29 is 4.79 Å². The highest BCUT2D eigenvalue weighted by atomic mass is 16.2. The lowest BCUT2D eigenvalue weighted by atomic mass is 10.1. The van der Waals surface area contributed by atoms with Gasteiger partial charge in [-0.3, -0.25) is 9.78 Å². The molecule has 1 aliphatic heterocycles. The minimum atomic E-state index is -0.0300. The fourth-order valence-electron chi connectivity index (χ4n) is 3.98. The van der Waals surface area contributed by atoms with Gasteiger partial charge < -0.3 is 4.90 Å². The largest absolute Gasteiger partial charge is 0.330 e. The minimum Gasteiger partial charge on any atom is -0.330 e. The minimum absolute atomic E-state index is 0.0300. The Kier molecular flexibility index (Phi) is 4.48. The van der Waals surface area contributed by atoms with E-state index in [4.69, 9.17) is 4.98 Å². The molecule has 4 aromatic rings. The Balaban J connectivity index is 1.46. The van der Waals surface area contributed by atoms with Gasteiger partial charge in [-0.25, -0.2) is 9.97 Å². The van der Waals surface area contributed by atoms with Crippen molar-refractivity contribution in [2.24, 2.45) is 0 Å². The van der Waals surface area contributed by atoms with E-state index in [0.717, 1.165) is 41.5 Å². The molecule has 142 valence electrons. The van der Waals surface area contributed by atoms with Crippen LogP contribution in [0.25, 0.3) is 22.3 Å². The molecular weight excluding hydrogens is 360 g/mol. The summed E-state index contributed by atoms with van der Waals surface area (Å²) >= 11 is 0. The van der Waals surface area contributed by atoms with Crippen LogP contribution >= 0.6 is 0 Å². The summed E-state index contributed by atoms with van der Waals surface area (Å²) in [5.74, 6) is 0.734. The number of aromatic nitrogens is 3. The quantitative estimate of drug-likeness (QED) is 0.518. The Labute approximate surface area is 169 Å². The molecule has 5 nitrogen and oxygen atoms in total. The molecule has 1 aliphatic rings. The van der Waals surface area contributed by atoms with Gasteiger partial charge in [0.15, 0.2) is 5.82 Å². The van der Waals surface area contributed by atoms with Crippen LogP contribution in [-0.4, -0.2) is 32.3 Å². The van der Waals surface area contributed by atoms with E-state index in [9.17, 15) is 4.79 Å². The Morgan fingerprint density at radius 2 is 1.83 bits per heavy atom. The van der Waals surface area contributed by atoms with Crippen LogP contribution in [0.15, 0.2) is 79.1 Å². The van der Waals surface area contributed by atoms with Gasteiger partial charge in [-0.1, -0.05) is 36.4 Å². The lowest BCUT2D eigenvalue weighted by Gasteiger charge is -2.24. The van der Waals surface area contributed by atoms with E-state index >= 15 is 0 Å². The van der Waals surface area contributed by atoms with Crippen LogP contribution in [0.2, 0.25) is 0 Å². The lowest BCUT2D eigenvalue weighted by molar-refractivity contribution is 0.0733.